The lowest BCUT2D eigenvalue weighted by molar-refractivity contribution is 0.0801. The summed E-state index contributed by atoms with van der Waals surface area (Å²) in [6.45, 7) is 12.6. The van der Waals surface area contributed by atoms with Crippen molar-refractivity contribution < 1.29 is 13.4 Å². The van der Waals surface area contributed by atoms with Crippen LogP contribution in [0.15, 0.2) is 59.5 Å². The van der Waals surface area contributed by atoms with Crippen molar-refractivity contribution in [1.82, 2.24) is 0 Å². The standard InChI is InChI=1S/C22H30O3SSi/c1-17-12-14-19(15-13-17)26(24)16-20(25-27(5,6)22(2,3)4)21(23)18-10-8-7-9-11-18/h7-15,20H,16H2,1-6H3/t20-,26-/m0/s1. The second kappa shape index (κ2) is 8.63. The zero-order chi connectivity index (χ0) is 20.2. The summed E-state index contributed by atoms with van der Waals surface area (Å²) in [7, 11) is -3.50. The summed E-state index contributed by atoms with van der Waals surface area (Å²) in [6, 6.07) is 16.7. The molecule has 2 aromatic carbocycles. The molecule has 0 aromatic heterocycles. The molecule has 3 nitrogen and oxygen atoms in total. The molecular formula is C22H30O3SSi. The van der Waals surface area contributed by atoms with Gasteiger partial charge in [-0.25, -0.2) is 0 Å². The molecule has 0 aliphatic carbocycles. The van der Waals surface area contributed by atoms with Crippen LogP contribution in [0.3, 0.4) is 0 Å². The lowest BCUT2D eigenvalue weighted by Crippen LogP contribution is -2.47. The monoisotopic (exact) mass is 402 g/mol. The number of rotatable bonds is 7. The minimum absolute atomic E-state index is 0.0342. The second-order valence-corrected chi connectivity index (χ2v) is 14.7. The Balaban J connectivity index is 2.30. The number of hydrogen-bond donors (Lipinski definition) is 0. The highest BCUT2D eigenvalue weighted by Gasteiger charge is 2.41. The number of aryl methyl sites for hydroxylation is 1. The first-order valence-electron chi connectivity index (χ1n) is 9.23. The summed E-state index contributed by atoms with van der Waals surface area (Å²) in [5.41, 5.74) is 1.72. The summed E-state index contributed by atoms with van der Waals surface area (Å²) in [4.78, 5) is 13.9. The van der Waals surface area contributed by atoms with Gasteiger partial charge in [0.25, 0.3) is 0 Å². The quantitative estimate of drug-likeness (QED) is 0.461. The van der Waals surface area contributed by atoms with Crippen LogP contribution in [-0.2, 0) is 15.2 Å². The molecule has 0 saturated heterocycles. The highest BCUT2D eigenvalue weighted by Crippen LogP contribution is 2.37. The molecule has 2 atom stereocenters. The minimum Gasteiger partial charge on any atom is -0.406 e. The SMILES string of the molecule is Cc1ccc([S@@](=O)C[C@H](O[Si](C)(C)C(C)(C)C)C(=O)c2ccccc2)cc1. The molecular weight excluding hydrogens is 372 g/mol. The Morgan fingerprint density at radius 2 is 1.59 bits per heavy atom. The van der Waals surface area contributed by atoms with E-state index >= 15 is 0 Å². The maximum atomic E-state index is 13.1. The average molecular weight is 403 g/mol. The van der Waals surface area contributed by atoms with E-state index < -0.39 is 25.2 Å². The van der Waals surface area contributed by atoms with Crippen molar-refractivity contribution in [1.29, 1.82) is 0 Å². The zero-order valence-electron chi connectivity index (χ0n) is 17.1. The number of hydrogen-bond acceptors (Lipinski definition) is 3. The molecule has 2 rings (SSSR count). The van der Waals surface area contributed by atoms with Gasteiger partial charge in [-0.1, -0.05) is 68.8 Å². The number of Topliss-reactive ketones (excluding diaryl/α,β-unsaturated/α-hetero) is 1. The van der Waals surface area contributed by atoms with Crippen molar-refractivity contribution in [2.75, 3.05) is 5.75 Å². The van der Waals surface area contributed by atoms with Gasteiger partial charge in [0, 0.05) is 10.5 Å². The van der Waals surface area contributed by atoms with Gasteiger partial charge in [-0.05, 0) is 37.2 Å². The van der Waals surface area contributed by atoms with Crippen LogP contribution in [0.4, 0.5) is 0 Å². The van der Waals surface area contributed by atoms with Crippen LogP contribution in [0.5, 0.6) is 0 Å². The third-order valence-corrected chi connectivity index (χ3v) is 11.1. The highest BCUT2D eigenvalue weighted by atomic mass is 32.2. The Morgan fingerprint density at radius 1 is 1.04 bits per heavy atom. The maximum absolute atomic E-state index is 13.1. The van der Waals surface area contributed by atoms with Crippen LogP contribution in [0, 0.1) is 6.92 Å². The first-order valence-corrected chi connectivity index (χ1v) is 13.5. The molecule has 0 unspecified atom stereocenters. The summed E-state index contributed by atoms with van der Waals surface area (Å²) in [5, 5.41) is -0.0342. The van der Waals surface area contributed by atoms with Gasteiger partial charge in [0.05, 0.1) is 16.6 Å². The summed E-state index contributed by atoms with van der Waals surface area (Å²) < 4.78 is 19.4. The molecule has 0 saturated carbocycles. The molecule has 0 N–H and O–H groups in total. The van der Waals surface area contributed by atoms with E-state index in [1.807, 2.05) is 49.4 Å². The fourth-order valence-electron chi connectivity index (χ4n) is 2.41. The summed E-state index contributed by atoms with van der Waals surface area (Å²) in [5.74, 6) is 0.0735. The van der Waals surface area contributed by atoms with Crippen LogP contribution in [0.1, 0.15) is 36.7 Å². The van der Waals surface area contributed by atoms with Gasteiger partial charge in [-0.3, -0.25) is 9.00 Å². The molecule has 2 aromatic rings. The predicted molar refractivity (Wildman–Crippen MR) is 115 cm³/mol. The largest absolute Gasteiger partial charge is 0.406 e. The molecule has 0 spiro atoms. The lowest BCUT2D eigenvalue weighted by Gasteiger charge is -2.38. The average Bonchev–Trinajstić information content (AvgIpc) is 2.60. The van der Waals surface area contributed by atoms with Crippen LogP contribution in [-0.4, -0.2) is 30.2 Å². The highest BCUT2D eigenvalue weighted by molar-refractivity contribution is 7.85. The van der Waals surface area contributed by atoms with E-state index in [1.54, 1.807) is 12.1 Å². The minimum atomic E-state index is -2.20. The van der Waals surface area contributed by atoms with Gasteiger partial charge >= 0.3 is 0 Å². The van der Waals surface area contributed by atoms with Crippen molar-refractivity contribution in [3.05, 3.63) is 65.7 Å². The Hall–Kier alpha value is -1.56. The van der Waals surface area contributed by atoms with Crippen LogP contribution < -0.4 is 0 Å². The van der Waals surface area contributed by atoms with E-state index in [2.05, 4.69) is 33.9 Å². The first kappa shape index (κ1) is 21.7. The molecule has 27 heavy (non-hydrogen) atoms. The third-order valence-electron chi connectivity index (χ3n) is 5.18. The van der Waals surface area contributed by atoms with Crippen molar-refractivity contribution in [2.24, 2.45) is 0 Å². The molecule has 0 aliphatic rings. The maximum Gasteiger partial charge on any atom is 0.193 e. The predicted octanol–water partition coefficient (Wildman–Crippen LogP) is 5.38. The zero-order valence-corrected chi connectivity index (χ0v) is 18.9. The van der Waals surface area contributed by atoms with E-state index in [-0.39, 0.29) is 16.6 Å². The van der Waals surface area contributed by atoms with Crippen molar-refractivity contribution in [3.8, 4) is 0 Å². The Kier molecular flexibility index (Phi) is 6.95. The van der Waals surface area contributed by atoms with E-state index in [0.29, 0.717) is 5.56 Å². The fourth-order valence-corrected chi connectivity index (χ4v) is 4.91. The first-order chi connectivity index (χ1) is 12.5. The normalized spacial score (nSPS) is 14.6. The number of carbonyl (C=O) groups excluding carboxylic acids is 1. The van der Waals surface area contributed by atoms with E-state index in [1.165, 1.54) is 0 Å². The van der Waals surface area contributed by atoms with Gasteiger partial charge in [0.1, 0.15) is 6.10 Å². The molecule has 0 amide bonds. The Morgan fingerprint density at radius 3 is 2.11 bits per heavy atom. The van der Waals surface area contributed by atoms with Crippen LogP contribution >= 0.6 is 0 Å². The van der Waals surface area contributed by atoms with Crippen molar-refractivity contribution in [3.63, 3.8) is 0 Å². The molecule has 0 fully saturated rings. The van der Waals surface area contributed by atoms with Gasteiger partial charge in [-0.15, -0.1) is 0 Å². The molecule has 0 bridgehead atoms. The Bertz CT molecular complexity index is 793. The topological polar surface area (TPSA) is 43.4 Å². The van der Waals surface area contributed by atoms with Gasteiger partial charge < -0.3 is 4.43 Å². The van der Waals surface area contributed by atoms with E-state index in [4.69, 9.17) is 4.43 Å². The van der Waals surface area contributed by atoms with Crippen LogP contribution in [0.25, 0.3) is 0 Å². The number of benzene rings is 2. The van der Waals surface area contributed by atoms with Crippen LogP contribution in [0.2, 0.25) is 18.1 Å². The third kappa shape index (κ3) is 5.70. The fraction of sp³-hybridized carbons (Fsp3) is 0.409. The molecule has 5 heteroatoms. The molecule has 0 heterocycles. The molecule has 146 valence electrons. The summed E-state index contributed by atoms with van der Waals surface area (Å²) >= 11 is 0. The summed E-state index contributed by atoms with van der Waals surface area (Å²) in [6.07, 6.45) is -0.713. The van der Waals surface area contributed by atoms with Gasteiger partial charge in [-0.2, -0.15) is 0 Å². The molecule has 0 aliphatic heterocycles. The number of carbonyl (C=O) groups is 1. The number of ketones is 1. The van der Waals surface area contributed by atoms with Gasteiger partial charge in [0.2, 0.25) is 0 Å². The van der Waals surface area contributed by atoms with E-state index in [0.717, 1.165) is 10.5 Å². The molecule has 0 radical (unpaired) electrons. The van der Waals surface area contributed by atoms with Crippen molar-refractivity contribution in [2.45, 2.75) is 56.8 Å². The smallest absolute Gasteiger partial charge is 0.193 e. The van der Waals surface area contributed by atoms with Crippen molar-refractivity contribution >= 4 is 24.9 Å². The van der Waals surface area contributed by atoms with Gasteiger partial charge in [0.15, 0.2) is 14.1 Å². The second-order valence-electron chi connectivity index (χ2n) is 8.42. The Labute approximate surface area is 166 Å². The lowest BCUT2D eigenvalue weighted by atomic mass is 10.1. The van der Waals surface area contributed by atoms with E-state index in [9.17, 15) is 9.00 Å².